The predicted molar refractivity (Wildman–Crippen MR) is 82.7 cm³/mol. The minimum Gasteiger partial charge on any atom is -0.396 e. The lowest BCUT2D eigenvalue weighted by atomic mass is 9.99. The van der Waals surface area contributed by atoms with E-state index < -0.39 is 0 Å². The molecule has 2 fully saturated rings. The zero-order valence-corrected chi connectivity index (χ0v) is 12.8. The highest BCUT2D eigenvalue weighted by Gasteiger charge is 2.19. The molecule has 2 aliphatic rings. The van der Waals surface area contributed by atoms with Gasteiger partial charge in [-0.15, -0.1) is 0 Å². The van der Waals surface area contributed by atoms with Crippen molar-refractivity contribution in [2.75, 3.05) is 55.8 Å². The van der Waals surface area contributed by atoms with Gasteiger partial charge < -0.3 is 15.3 Å². The van der Waals surface area contributed by atoms with Crippen molar-refractivity contribution < 1.29 is 5.11 Å². The molecule has 1 atom stereocenters. The number of hydrogen-bond donors (Lipinski definition) is 2. The second kappa shape index (κ2) is 8.69. The van der Waals surface area contributed by atoms with Gasteiger partial charge in [-0.3, -0.25) is 0 Å². The van der Waals surface area contributed by atoms with Gasteiger partial charge in [-0.05, 0) is 25.3 Å². The quantitative estimate of drug-likeness (QED) is 0.794. The lowest BCUT2D eigenvalue weighted by molar-refractivity contribution is 0.121. The second-order valence-electron chi connectivity index (χ2n) is 5.29. The van der Waals surface area contributed by atoms with Crippen molar-refractivity contribution in [1.82, 2.24) is 10.2 Å². The highest BCUT2D eigenvalue weighted by molar-refractivity contribution is 8.03. The van der Waals surface area contributed by atoms with E-state index >= 15 is 0 Å². The summed E-state index contributed by atoms with van der Waals surface area (Å²) >= 11 is 4.17. The Morgan fingerprint density at radius 3 is 2.72 bits per heavy atom. The molecule has 106 valence electrons. The summed E-state index contributed by atoms with van der Waals surface area (Å²) in [5, 5.41) is 12.9. The van der Waals surface area contributed by atoms with E-state index in [2.05, 4.69) is 33.7 Å². The largest absolute Gasteiger partial charge is 0.396 e. The highest BCUT2D eigenvalue weighted by Crippen LogP contribution is 2.17. The van der Waals surface area contributed by atoms with Gasteiger partial charge >= 0.3 is 0 Å². The Labute approximate surface area is 119 Å². The first-order valence-electron chi connectivity index (χ1n) is 7.10. The smallest absolute Gasteiger partial charge is 0.0471 e. The molecule has 1 unspecified atom stereocenters. The number of thioether (sulfide) groups is 2. The Hall–Kier alpha value is 0.580. The number of nitrogens with one attached hydrogen (secondary N) is 1. The molecule has 0 bridgehead atoms. The molecular weight excluding hydrogens is 264 g/mol. The number of aliphatic hydroxyl groups excluding tert-OH is 1. The van der Waals surface area contributed by atoms with E-state index in [1.54, 1.807) is 0 Å². The van der Waals surface area contributed by atoms with Crippen molar-refractivity contribution in [2.24, 2.45) is 5.92 Å². The van der Waals surface area contributed by atoms with Crippen LogP contribution in [0.15, 0.2) is 0 Å². The molecule has 0 amide bonds. The lowest BCUT2D eigenvalue weighted by Gasteiger charge is -2.32. The maximum absolute atomic E-state index is 9.22. The van der Waals surface area contributed by atoms with Gasteiger partial charge in [0.15, 0.2) is 0 Å². The Morgan fingerprint density at radius 2 is 2.00 bits per heavy atom. The molecule has 2 aliphatic heterocycles. The van der Waals surface area contributed by atoms with E-state index in [0.29, 0.717) is 18.6 Å². The first-order valence-corrected chi connectivity index (χ1v) is 9.41. The molecule has 0 aromatic carbocycles. The molecule has 2 saturated heterocycles. The molecule has 0 radical (unpaired) electrons. The summed E-state index contributed by atoms with van der Waals surface area (Å²) in [6.07, 6.45) is 2.46. The van der Waals surface area contributed by atoms with E-state index in [0.717, 1.165) is 19.6 Å². The number of piperidine rings is 1. The Bertz CT molecular complexity index is 223. The van der Waals surface area contributed by atoms with Crippen molar-refractivity contribution in [1.29, 1.82) is 0 Å². The summed E-state index contributed by atoms with van der Waals surface area (Å²) in [6.45, 7) is 4.91. The Balaban J connectivity index is 1.59. The van der Waals surface area contributed by atoms with Gasteiger partial charge in [-0.1, -0.05) is 0 Å². The predicted octanol–water partition coefficient (Wildman–Crippen LogP) is 1.13. The fourth-order valence-electron chi connectivity index (χ4n) is 2.67. The molecule has 18 heavy (non-hydrogen) atoms. The van der Waals surface area contributed by atoms with Crippen LogP contribution in [0.1, 0.15) is 12.8 Å². The van der Waals surface area contributed by atoms with Crippen LogP contribution in [0.5, 0.6) is 0 Å². The second-order valence-corrected chi connectivity index (χ2v) is 7.59. The molecule has 2 rings (SSSR count). The normalized spacial score (nSPS) is 28.2. The molecule has 2 heterocycles. The summed E-state index contributed by atoms with van der Waals surface area (Å²) in [6, 6.07) is 0.695. The van der Waals surface area contributed by atoms with Crippen LogP contribution in [-0.4, -0.2) is 71.8 Å². The molecule has 0 spiro atoms. The molecule has 2 N–H and O–H groups in total. The molecular formula is C13H26N2OS2. The van der Waals surface area contributed by atoms with Gasteiger partial charge in [0.05, 0.1) is 0 Å². The van der Waals surface area contributed by atoms with Gasteiger partial charge in [0.1, 0.15) is 0 Å². The van der Waals surface area contributed by atoms with Gasteiger partial charge in [-0.2, -0.15) is 23.5 Å². The number of likely N-dealkylation sites (tertiary alicyclic amines) is 1. The van der Waals surface area contributed by atoms with Crippen LogP contribution >= 0.6 is 23.5 Å². The summed E-state index contributed by atoms with van der Waals surface area (Å²) < 4.78 is 0. The van der Waals surface area contributed by atoms with Crippen molar-refractivity contribution >= 4 is 23.5 Å². The van der Waals surface area contributed by atoms with E-state index in [4.69, 9.17) is 0 Å². The summed E-state index contributed by atoms with van der Waals surface area (Å²) in [5.74, 6) is 5.68. The van der Waals surface area contributed by atoms with Gasteiger partial charge in [0.25, 0.3) is 0 Å². The average molecular weight is 290 g/mol. The summed E-state index contributed by atoms with van der Waals surface area (Å²) in [4.78, 5) is 2.51. The number of rotatable bonds is 5. The van der Waals surface area contributed by atoms with Crippen LogP contribution in [-0.2, 0) is 0 Å². The lowest BCUT2D eigenvalue weighted by Crippen LogP contribution is -2.43. The topological polar surface area (TPSA) is 35.5 Å². The number of hydrogen-bond acceptors (Lipinski definition) is 5. The average Bonchev–Trinajstić information content (AvgIpc) is 2.68. The third-order valence-electron chi connectivity index (χ3n) is 3.73. The van der Waals surface area contributed by atoms with E-state index in [-0.39, 0.29) is 0 Å². The van der Waals surface area contributed by atoms with E-state index in [1.165, 1.54) is 42.4 Å². The Morgan fingerprint density at radius 1 is 1.22 bits per heavy atom. The third kappa shape index (κ3) is 5.29. The fourth-order valence-corrected chi connectivity index (χ4v) is 5.13. The van der Waals surface area contributed by atoms with Crippen molar-refractivity contribution in [2.45, 2.75) is 18.9 Å². The van der Waals surface area contributed by atoms with Gasteiger partial charge in [0.2, 0.25) is 0 Å². The SMILES string of the molecule is OCC1CCCN(CCNC2CSCCSC2)C1. The molecule has 0 aromatic rings. The van der Waals surface area contributed by atoms with Crippen LogP contribution in [0.4, 0.5) is 0 Å². The molecule has 5 heteroatoms. The third-order valence-corrected chi connectivity index (χ3v) is 6.25. The minimum atomic E-state index is 0.361. The van der Waals surface area contributed by atoms with Crippen molar-refractivity contribution in [3.8, 4) is 0 Å². The highest BCUT2D eigenvalue weighted by atomic mass is 32.2. The minimum absolute atomic E-state index is 0.361. The van der Waals surface area contributed by atoms with Crippen molar-refractivity contribution in [3.63, 3.8) is 0 Å². The maximum Gasteiger partial charge on any atom is 0.0471 e. The fraction of sp³-hybridized carbons (Fsp3) is 1.00. The van der Waals surface area contributed by atoms with Crippen LogP contribution < -0.4 is 5.32 Å². The summed E-state index contributed by atoms with van der Waals surface area (Å²) in [5.41, 5.74) is 0. The van der Waals surface area contributed by atoms with Gasteiger partial charge in [-0.25, -0.2) is 0 Å². The molecule has 3 nitrogen and oxygen atoms in total. The van der Waals surface area contributed by atoms with Crippen molar-refractivity contribution in [3.05, 3.63) is 0 Å². The Kier molecular flexibility index (Phi) is 7.23. The summed E-state index contributed by atoms with van der Waals surface area (Å²) in [7, 11) is 0. The standard InChI is InChI=1S/C13H26N2OS2/c16-9-12-2-1-4-15(8-12)5-3-14-13-10-17-6-7-18-11-13/h12-14,16H,1-11H2. The number of aliphatic hydroxyl groups is 1. The zero-order valence-electron chi connectivity index (χ0n) is 11.1. The first-order chi connectivity index (χ1) is 8.88. The van der Waals surface area contributed by atoms with E-state index in [9.17, 15) is 5.11 Å². The first kappa shape index (κ1) is 15.0. The molecule has 0 aromatic heterocycles. The van der Waals surface area contributed by atoms with E-state index in [1.807, 2.05) is 0 Å². The number of nitrogens with zero attached hydrogens (tertiary/aromatic N) is 1. The maximum atomic E-state index is 9.22. The van der Waals surface area contributed by atoms with Crippen LogP contribution in [0.25, 0.3) is 0 Å². The van der Waals surface area contributed by atoms with Crippen LogP contribution in [0.3, 0.4) is 0 Å². The van der Waals surface area contributed by atoms with Crippen LogP contribution in [0.2, 0.25) is 0 Å². The van der Waals surface area contributed by atoms with Gasteiger partial charge in [0, 0.05) is 55.3 Å². The van der Waals surface area contributed by atoms with Crippen LogP contribution in [0, 0.1) is 5.92 Å². The molecule has 0 saturated carbocycles. The monoisotopic (exact) mass is 290 g/mol. The zero-order chi connectivity index (χ0) is 12.6. The molecule has 0 aliphatic carbocycles.